The van der Waals surface area contributed by atoms with Gasteiger partial charge in [0.15, 0.2) is 5.82 Å². The van der Waals surface area contributed by atoms with Gasteiger partial charge in [0, 0.05) is 42.4 Å². The lowest BCUT2D eigenvalue weighted by Gasteiger charge is -2.06. The van der Waals surface area contributed by atoms with Crippen molar-refractivity contribution in [1.82, 2.24) is 35.2 Å². The number of hydrogen-bond acceptors (Lipinski definition) is 6. The van der Waals surface area contributed by atoms with Crippen LogP contribution in [0.2, 0.25) is 0 Å². The van der Waals surface area contributed by atoms with Gasteiger partial charge in [-0.05, 0) is 18.2 Å². The van der Waals surface area contributed by atoms with Gasteiger partial charge in [0.2, 0.25) is 11.7 Å². The molecule has 9 heteroatoms. The predicted molar refractivity (Wildman–Crippen MR) is 85.7 cm³/mol. The zero-order valence-corrected chi connectivity index (χ0v) is 13.1. The average molecular weight is 337 g/mol. The Bertz CT molecular complexity index is 1010. The van der Waals surface area contributed by atoms with E-state index < -0.39 is 5.82 Å². The summed E-state index contributed by atoms with van der Waals surface area (Å²) in [4.78, 5) is 12.4. The summed E-state index contributed by atoms with van der Waals surface area (Å²) in [7, 11) is 0. The van der Waals surface area contributed by atoms with Crippen molar-refractivity contribution in [2.24, 2.45) is 0 Å². The normalized spacial score (nSPS) is 10.8. The molecule has 0 saturated carbocycles. The molecule has 3 aromatic heterocycles. The maximum Gasteiger partial charge on any atom is 0.240 e. The molecular formula is C16H12FN7O. The van der Waals surface area contributed by atoms with Gasteiger partial charge in [-0.15, -0.1) is 15.0 Å². The smallest absolute Gasteiger partial charge is 0.240 e. The monoisotopic (exact) mass is 337 g/mol. The van der Waals surface area contributed by atoms with Crippen molar-refractivity contribution in [3.63, 3.8) is 0 Å². The van der Waals surface area contributed by atoms with Crippen molar-refractivity contribution >= 4 is 0 Å². The Morgan fingerprint density at radius 3 is 2.84 bits per heavy atom. The predicted octanol–water partition coefficient (Wildman–Crippen LogP) is 2.69. The third kappa shape index (κ3) is 3.20. The minimum absolute atomic E-state index is 0.279. The van der Waals surface area contributed by atoms with Gasteiger partial charge in [0.25, 0.3) is 0 Å². The maximum atomic E-state index is 13.9. The van der Waals surface area contributed by atoms with Gasteiger partial charge < -0.3 is 9.72 Å². The number of ether oxygens (including phenoxy) is 1. The van der Waals surface area contributed by atoms with Gasteiger partial charge >= 0.3 is 0 Å². The minimum atomic E-state index is -0.490. The quantitative estimate of drug-likeness (QED) is 0.615. The molecule has 3 heterocycles. The largest absolute Gasteiger partial charge is 0.439 e. The van der Waals surface area contributed by atoms with E-state index in [0.717, 1.165) is 5.69 Å². The van der Waals surface area contributed by atoms with E-state index >= 15 is 0 Å². The first kappa shape index (κ1) is 14.9. The van der Waals surface area contributed by atoms with E-state index in [1.165, 1.54) is 16.9 Å². The molecule has 25 heavy (non-hydrogen) atoms. The zero-order valence-electron chi connectivity index (χ0n) is 13.1. The molecule has 4 aromatic rings. The molecular weight excluding hydrogens is 325 g/mol. The Kier molecular flexibility index (Phi) is 3.65. The van der Waals surface area contributed by atoms with Crippen LogP contribution in [0.1, 0.15) is 5.69 Å². The number of pyridine rings is 1. The molecule has 0 aliphatic carbocycles. The van der Waals surface area contributed by atoms with Crippen molar-refractivity contribution < 1.29 is 9.13 Å². The van der Waals surface area contributed by atoms with E-state index in [2.05, 4.69) is 30.4 Å². The highest BCUT2D eigenvalue weighted by Gasteiger charge is 2.12. The number of H-pyrrole nitrogens is 1. The second kappa shape index (κ2) is 6.11. The van der Waals surface area contributed by atoms with E-state index in [4.69, 9.17) is 4.74 Å². The fourth-order valence-electron chi connectivity index (χ4n) is 2.20. The minimum Gasteiger partial charge on any atom is -0.439 e. The lowest BCUT2D eigenvalue weighted by atomic mass is 10.3. The molecule has 0 aliphatic rings. The maximum absolute atomic E-state index is 13.9. The van der Waals surface area contributed by atoms with E-state index in [9.17, 15) is 4.39 Å². The van der Waals surface area contributed by atoms with Gasteiger partial charge in [0.1, 0.15) is 11.6 Å². The Hall–Kier alpha value is -3.62. The molecule has 0 radical (unpaired) electrons. The molecule has 0 amide bonds. The van der Waals surface area contributed by atoms with Gasteiger partial charge in [-0.3, -0.25) is 0 Å². The molecule has 4 rings (SSSR count). The number of rotatable bonds is 4. The fraction of sp³-hybridized carbons (Fsp3) is 0.0625. The summed E-state index contributed by atoms with van der Waals surface area (Å²) in [5, 5.41) is 12.1. The van der Waals surface area contributed by atoms with Crippen LogP contribution in [0.15, 0.2) is 48.8 Å². The number of nitrogens with one attached hydrogen (secondary N) is 1. The standard InChI is InChI=1S/C16H12FN7O/c1-10-9-19-15(20-10)16-21-23-24(22-16)12-6-11(17)7-13(8-12)25-14-4-2-3-5-18-14/h2-9H,1H3,(H,19,20). The Balaban J connectivity index is 1.65. The second-order valence-corrected chi connectivity index (χ2v) is 5.23. The molecule has 0 saturated heterocycles. The van der Waals surface area contributed by atoms with Crippen LogP contribution < -0.4 is 4.74 Å². The van der Waals surface area contributed by atoms with Gasteiger partial charge in [0.05, 0.1) is 5.69 Å². The summed E-state index contributed by atoms with van der Waals surface area (Å²) in [5.41, 5.74) is 1.25. The second-order valence-electron chi connectivity index (χ2n) is 5.23. The molecule has 1 aromatic carbocycles. The lowest BCUT2D eigenvalue weighted by Crippen LogP contribution is -2.01. The third-order valence-electron chi connectivity index (χ3n) is 3.28. The molecule has 0 spiro atoms. The van der Waals surface area contributed by atoms with Crippen LogP contribution in [-0.4, -0.2) is 35.2 Å². The first-order valence-electron chi connectivity index (χ1n) is 7.39. The Morgan fingerprint density at radius 2 is 2.08 bits per heavy atom. The van der Waals surface area contributed by atoms with Crippen molar-refractivity contribution in [3.05, 3.63) is 60.3 Å². The number of nitrogens with zero attached hydrogens (tertiary/aromatic N) is 6. The van der Waals surface area contributed by atoms with Crippen LogP contribution in [0.4, 0.5) is 4.39 Å². The van der Waals surface area contributed by atoms with E-state index in [0.29, 0.717) is 23.2 Å². The summed E-state index contributed by atoms with van der Waals surface area (Å²) >= 11 is 0. The van der Waals surface area contributed by atoms with Crippen LogP contribution >= 0.6 is 0 Å². The average Bonchev–Trinajstić information content (AvgIpc) is 3.24. The Morgan fingerprint density at radius 1 is 1.16 bits per heavy atom. The highest BCUT2D eigenvalue weighted by Crippen LogP contribution is 2.23. The number of tetrazole rings is 1. The number of aromatic nitrogens is 7. The first-order valence-corrected chi connectivity index (χ1v) is 7.39. The topological polar surface area (TPSA) is 94.4 Å². The molecule has 124 valence electrons. The highest BCUT2D eigenvalue weighted by molar-refractivity contribution is 5.44. The van der Waals surface area contributed by atoms with Crippen molar-refractivity contribution in [1.29, 1.82) is 0 Å². The zero-order chi connectivity index (χ0) is 17.2. The summed E-state index contributed by atoms with van der Waals surface area (Å²) in [6.45, 7) is 1.87. The van der Waals surface area contributed by atoms with E-state index in [1.807, 2.05) is 6.92 Å². The van der Waals surface area contributed by atoms with E-state index in [-0.39, 0.29) is 5.75 Å². The van der Waals surface area contributed by atoms with Crippen molar-refractivity contribution in [2.45, 2.75) is 6.92 Å². The summed E-state index contributed by atoms with van der Waals surface area (Å²) in [6.07, 6.45) is 3.25. The van der Waals surface area contributed by atoms with Crippen LogP contribution in [-0.2, 0) is 0 Å². The fourth-order valence-corrected chi connectivity index (χ4v) is 2.20. The number of hydrogen-bond donors (Lipinski definition) is 1. The SMILES string of the molecule is Cc1cnc(-c2nnn(-c3cc(F)cc(Oc4ccccn4)c3)n2)[nH]1. The van der Waals surface area contributed by atoms with Crippen molar-refractivity contribution in [2.75, 3.05) is 0 Å². The lowest BCUT2D eigenvalue weighted by molar-refractivity contribution is 0.457. The number of benzene rings is 1. The van der Waals surface area contributed by atoms with Crippen LogP contribution in [0.5, 0.6) is 11.6 Å². The third-order valence-corrected chi connectivity index (χ3v) is 3.28. The van der Waals surface area contributed by atoms with Gasteiger partial charge in [-0.1, -0.05) is 6.07 Å². The molecule has 0 unspecified atom stereocenters. The molecule has 0 fully saturated rings. The number of halogens is 1. The number of aromatic amines is 1. The molecule has 1 N–H and O–H groups in total. The van der Waals surface area contributed by atoms with E-state index in [1.54, 1.807) is 36.7 Å². The summed E-state index contributed by atoms with van der Waals surface area (Å²) < 4.78 is 19.5. The van der Waals surface area contributed by atoms with Crippen molar-refractivity contribution in [3.8, 4) is 29.0 Å². The Labute approximate surface area is 141 Å². The first-order chi connectivity index (χ1) is 12.2. The van der Waals surface area contributed by atoms with Crippen LogP contribution in [0, 0.1) is 12.7 Å². The number of aryl methyl sites for hydroxylation is 1. The van der Waals surface area contributed by atoms with Gasteiger partial charge in [-0.2, -0.15) is 0 Å². The molecule has 0 bridgehead atoms. The molecule has 0 aliphatic heterocycles. The van der Waals surface area contributed by atoms with Crippen LogP contribution in [0.25, 0.3) is 17.3 Å². The molecule has 8 nitrogen and oxygen atoms in total. The summed E-state index contributed by atoms with van der Waals surface area (Å²) in [5.74, 6) is 0.949. The molecule has 0 atom stereocenters. The van der Waals surface area contributed by atoms with Gasteiger partial charge in [-0.25, -0.2) is 14.4 Å². The summed E-state index contributed by atoms with van der Waals surface area (Å²) in [6, 6.07) is 9.35. The number of imidazole rings is 1. The highest BCUT2D eigenvalue weighted by atomic mass is 19.1. The van der Waals surface area contributed by atoms with Crippen LogP contribution in [0.3, 0.4) is 0 Å².